The first-order valence-corrected chi connectivity index (χ1v) is 8.29. The molecule has 2 rings (SSSR count). The Balaban J connectivity index is 1.96. The standard InChI is InChI=1S/C16H28N2O3/c1-4-8-18-14(19)10-13(15(18)20)17-12-7-9-21-16(5-2,6-3)11-12/h12-13,17H,4-11H2,1-3H3. The summed E-state index contributed by atoms with van der Waals surface area (Å²) in [7, 11) is 0. The van der Waals surface area contributed by atoms with Crippen molar-refractivity contribution in [2.24, 2.45) is 0 Å². The van der Waals surface area contributed by atoms with E-state index in [2.05, 4.69) is 19.2 Å². The smallest absolute Gasteiger partial charge is 0.246 e. The van der Waals surface area contributed by atoms with Gasteiger partial charge in [0.1, 0.15) is 0 Å². The fourth-order valence-electron chi connectivity index (χ4n) is 3.47. The predicted octanol–water partition coefficient (Wildman–Crippen LogP) is 1.85. The zero-order valence-electron chi connectivity index (χ0n) is 13.5. The summed E-state index contributed by atoms with van der Waals surface area (Å²) in [5, 5.41) is 3.42. The van der Waals surface area contributed by atoms with Gasteiger partial charge in [0.25, 0.3) is 0 Å². The molecule has 0 spiro atoms. The van der Waals surface area contributed by atoms with Gasteiger partial charge in [-0.2, -0.15) is 0 Å². The van der Waals surface area contributed by atoms with Crippen LogP contribution in [0.4, 0.5) is 0 Å². The van der Waals surface area contributed by atoms with Gasteiger partial charge in [0.05, 0.1) is 18.1 Å². The Morgan fingerprint density at radius 2 is 2.00 bits per heavy atom. The van der Waals surface area contributed by atoms with Crippen molar-refractivity contribution in [2.75, 3.05) is 13.2 Å². The van der Waals surface area contributed by atoms with Crippen LogP contribution >= 0.6 is 0 Å². The van der Waals surface area contributed by atoms with Crippen molar-refractivity contribution < 1.29 is 14.3 Å². The molecule has 5 heteroatoms. The lowest BCUT2D eigenvalue weighted by molar-refractivity contribution is -0.139. The summed E-state index contributed by atoms with van der Waals surface area (Å²) in [6, 6.07) is -0.0689. The van der Waals surface area contributed by atoms with Gasteiger partial charge < -0.3 is 10.1 Å². The summed E-state index contributed by atoms with van der Waals surface area (Å²) < 4.78 is 5.96. The van der Waals surface area contributed by atoms with Gasteiger partial charge in [-0.15, -0.1) is 0 Å². The Hall–Kier alpha value is -0.940. The van der Waals surface area contributed by atoms with E-state index in [0.29, 0.717) is 13.0 Å². The maximum Gasteiger partial charge on any atom is 0.246 e. The molecule has 2 amide bonds. The molecule has 2 heterocycles. The molecule has 0 bridgehead atoms. The van der Waals surface area contributed by atoms with Crippen LogP contribution in [0.5, 0.6) is 0 Å². The van der Waals surface area contributed by atoms with Crippen LogP contribution in [0.2, 0.25) is 0 Å². The number of hydrogen-bond donors (Lipinski definition) is 1. The van der Waals surface area contributed by atoms with E-state index in [1.165, 1.54) is 4.90 Å². The van der Waals surface area contributed by atoms with Crippen molar-refractivity contribution in [1.82, 2.24) is 10.2 Å². The number of carbonyl (C=O) groups is 2. The topological polar surface area (TPSA) is 58.6 Å². The molecule has 0 aliphatic carbocycles. The molecule has 21 heavy (non-hydrogen) atoms. The molecule has 1 N–H and O–H groups in total. The van der Waals surface area contributed by atoms with Crippen LogP contribution in [0.25, 0.3) is 0 Å². The molecule has 2 saturated heterocycles. The second kappa shape index (κ2) is 6.88. The number of imide groups is 1. The van der Waals surface area contributed by atoms with Gasteiger partial charge in [0.2, 0.25) is 11.8 Å². The Kier molecular flexibility index (Phi) is 5.38. The van der Waals surface area contributed by atoms with Crippen LogP contribution in [-0.2, 0) is 14.3 Å². The van der Waals surface area contributed by atoms with E-state index >= 15 is 0 Å². The van der Waals surface area contributed by atoms with Gasteiger partial charge >= 0.3 is 0 Å². The molecule has 2 aliphatic rings. The van der Waals surface area contributed by atoms with Crippen LogP contribution in [-0.4, -0.2) is 47.6 Å². The third kappa shape index (κ3) is 3.46. The van der Waals surface area contributed by atoms with Crippen LogP contribution in [0, 0.1) is 0 Å². The van der Waals surface area contributed by atoms with E-state index in [1.807, 2.05) is 6.92 Å². The lowest BCUT2D eigenvalue weighted by Gasteiger charge is -2.41. The Labute approximate surface area is 127 Å². The Morgan fingerprint density at radius 3 is 2.62 bits per heavy atom. The quantitative estimate of drug-likeness (QED) is 0.760. The number of nitrogens with zero attached hydrogens (tertiary/aromatic N) is 1. The normalized spacial score (nSPS) is 29.2. The van der Waals surface area contributed by atoms with E-state index in [4.69, 9.17) is 4.74 Å². The molecule has 0 radical (unpaired) electrons. The zero-order valence-corrected chi connectivity index (χ0v) is 13.5. The highest BCUT2D eigenvalue weighted by Gasteiger charge is 2.41. The van der Waals surface area contributed by atoms with Crippen molar-refractivity contribution >= 4 is 11.8 Å². The fourth-order valence-corrected chi connectivity index (χ4v) is 3.47. The minimum absolute atomic E-state index is 0.0383. The van der Waals surface area contributed by atoms with Crippen molar-refractivity contribution in [1.29, 1.82) is 0 Å². The maximum atomic E-state index is 12.3. The fraction of sp³-hybridized carbons (Fsp3) is 0.875. The highest BCUT2D eigenvalue weighted by Crippen LogP contribution is 2.32. The molecule has 0 aromatic carbocycles. The van der Waals surface area contributed by atoms with Crippen molar-refractivity contribution in [2.45, 2.75) is 77.0 Å². The molecule has 2 fully saturated rings. The summed E-state index contributed by atoms with van der Waals surface area (Å²) in [6.45, 7) is 7.55. The number of carbonyl (C=O) groups excluding carboxylic acids is 2. The molecule has 0 saturated carbocycles. The van der Waals surface area contributed by atoms with E-state index in [1.54, 1.807) is 0 Å². The maximum absolute atomic E-state index is 12.3. The largest absolute Gasteiger partial charge is 0.375 e. The van der Waals surface area contributed by atoms with Crippen molar-refractivity contribution in [3.63, 3.8) is 0 Å². The van der Waals surface area contributed by atoms with E-state index in [9.17, 15) is 9.59 Å². The first kappa shape index (κ1) is 16.4. The van der Waals surface area contributed by atoms with Gasteiger partial charge in [-0.1, -0.05) is 20.8 Å². The first-order valence-electron chi connectivity index (χ1n) is 8.29. The van der Waals surface area contributed by atoms with E-state index in [0.717, 1.165) is 38.7 Å². The van der Waals surface area contributed by atoms with Crippen molar-refractivity contribution in [3.8, 4) is 0 Å². The number of amides is 2. The average molecular weight is 296 g/mol. The van der Waals surface area contributed by atoms with Gasteiger partial charge in [0.15, 0.2) is 0 Å². The minimum atomic E-state index is -0.335. The monoisotopic (exact) mass is 296 g/mol. The molecule has 0 aromatic heterocycles. The number of rotatable bonds is 6. The summed E-state index contributed by atoms with van der Waals surface area (Å²) >= 11 is 0. The third-order valence-corrected chi connectivity index (χ3v) is 4.91. The molecular weight excluding hydrogens is 268 g/mol. The number of hydrogen-bond acceptors (Lipinski definition) is 4. The second-order valence-electron chi connectivity index (χ2n) is 6.24. The van der Waals surface area contributed by atoms with E-state index < -0.39 is 0 Å². The lowest BCUT2D eigenvalue weighted by Crippen LogP contribution is -2.51. The average Bonchev–Trinajstić information content (AvgIpc) is 2.75. The van der Waals surface area contributed by atoms with Gasteiger partial charge in [-0.3, -0.25) is 14.5 Å². The number of nitrogens with one attached hydrogen (secondary N) is 1. The highest BCUT2D eigenvalue weighted by atomic mass is 16.5. The molecule has 0 aromatic rings. The van der Waals surface area contributed by atoms with Gasteiger partial charge in [0, 0.05) is 19.2 Å². The molecule has 2 atom stereocenters. The SMILES string of the molecule is CCCN1C(=O)CC(NC2CCOC(CC)(CC)C2)C1=O. The third-order valence-electron chi connectivity index (χ3n) is 4.91. The highest BCUT2D eigenvalue weighted by molar-refractivity contribution is 6.05. The minimum Gasteiger partial charge on any atom is -0.375 e. The first-order chi connectivity index (χ1) is 10.0. The summed E-state index contributed by atoms with van der Waals surface area (Å²) in [5.41, 5.74) is -0.0648. The second-order valence-corrected chi connectivity index (χ2v) is 6.24. The number of ether oxygens (including phenoxy) is 1. The van der Waals surface area contributed by atoms with Gasteiger partial charge in [-0.25, -0.2) is 0 Å². The van der Waals surface area contributed by atoms with Crippen LogP contribution in [0.1, 0.15) is 59.3 Å². The summed E-state index contributed by atoms with van der Waals surface area (Å²) in [6.07, 6.45) is 4.93. The Morgan fingerprint density at radius 1 is 1.29 bits per heavy atom. The summed E-state index contributed by atoms with van der Waals surface area (Å²) in [5.74, 6) is -0.0874. The summed E-state index contributed by atoms with van der Waals surface area (Å²) in [4.78, 5) is 25.6. The van der Waals surface area contributed by atoms with Crippen LogP contribution in [0.15, 0.2) is 0 Å². The van der Waals surface area contributed by atoms with E-state index in [-0.39, 0.29) is 29.5 Å². The zero-order chi connectivity index (χ0) is 15.5. The molecule has 2 aliphatic heterocycles. The molecule has 2 unspecified atom stereocenters. The van der Waals surface area contributed by atoms with Crippen LogP contribution < -0.4 is 5.32 Å². The molecule has 120 valence electrons. The van der Waals surface area contributed by atoms with Crippen molar-refractivity contribution in [3.05, 3.63) is 0 Å². The molecule has 5 nitrogen and oxygen atoms in total. The van der Waals surface area contributed by atoms with Crippen LogP contribution in [0.3, 0.4) is 0 Å². The lowest BCUT2D eigenvalue weighted by atomic mass is 9.85. The number of likely N-dealkylation sites (tertiary alicyclic amines) is 1. The van der Waals surface area contributed by atoms with Gasteiger partial charge in [-0.05, 0) is 32.1 Å². The Bertz CT molecular complexity index is 393. The predicted molar refractivity (Wildman–Crippen MR) is 80.8 cm³/mol. The molecular formula is C16H28N2O3.